The van der Waals surface area contributed by atoms with Gasteiger partial charge in [-0.25, -0.2) is 0 Å². The number of hydrogen-bond donors (Lipinski definition) is 0. The molecular formula is C6H11BF3-. The van der Waals surface area contributed by atoms with E-state index in [0.717, 1.165) is 12.8 Å². The molecule has 0 heterocycles. The maximum absolute atomic E-state index is 12.1. The van der Waals surface area contributed by atoms with Crippen molar-refractivity contribution in [2.75, 3.05) is 0 Å². The molecule has 0 amide bonds. The van der Waals surface area contributed by atoms with Gasteiger partial charge in [-0.2, -0.15) is 0 Å². The predicted molar refractivity (Wildman–Crippen MR) is 35.8 cm³/mol. The maximum Gasteiger partial charge on any atom is 0.481 e. The number of hydrogen-bond acceptors (Lipinski definition) is 0. The summed E-state index contributed by atoms with van der Waals surface area (Å²) in [6.45, 7) is -2.85. The van der Waals surface area contributed by atoms with Crippen LogP contribution in [0.15, 0.2) is 0 Å². The number of rotatable bonds is 1. The summed E-state index contributed by atoms with van der Waals surface area (Å²) in [5, 5.41) is 0. The van der Waals surface area contributed by atoms with Gasteiger partial charge in [-0.3, -0.25) is 0 Å². The number of halogens is 3. The molecule has 0 aliphatic heterocycles. The molecule has 2 atom stereocenters. The first kappa shape index (κ1) is 7.96. The minimum atomic E-state index is -4.55. The first-order valence-corrected chi connectivity index (χ1v) is 3.72. The quantitative estimate of drug-likeness (QED) is 0.505. The van der Waals surface area contributed by atoms with Crippen LogP contribution in [0.1, 0.15) is 26.2 Å². The van der Waals surface area contributed by atoms with Gasteiger partial charge < -0.3 is 12.9 Å². The Balaban J connectivity index is 2.55. The first-order chi connectivity index (χ1) is 4.52. The summed E-state index contributed by atoms with van der Waals surface area (Å²) in [4.78, 5) is 0. The van der Waals surface area contributed by atoms with E-state index in [1.807, 2.05) is 0 Å². The monoisotopic (exact) mass is 151 g/mol. The van der Waals surface area contributed by atoms with Crippen LogP contribution in [-0.4, -0.2) is 6.98 Å². The van der Waals surface area contributed by atoms with Gasteiger partial charge in [0, 0.05) is 0 Å². The van der Waals surface area contributed by atoms with E-state index in [4.69, 9.17) is 0 Å². The molecule has 0 unspecified atom stereocenters. The van der Waals surface area contributed by atoms with Crippen LogP contribution in [0.5, 0.6) is 0 Å². The van der Waals surface area contributed by atoms with E-state index in [0.29, 0.717) is 6.42 Å². The van der Waals surface area contributed by atoms with Crippen LogP contribution in [0.25, 0.3) is 0 Å². The third-order valence-corrected chi connectivity index (χ3v) is 2.41. The van der Waals surface area contributed by atoms with Gasteiger partial charge in [0.15, 0.2) is 0 Å². The van der Waals surface area contributed by atoms with E-state index >= 15 is 0 Å². The van der Waals surface area contributed by atoms with E-state index in [1.165, 1.54) is 0 Å². The molecule has 0 spiro atoms. The Morgan fingerprint density at radius 3 is 2.00 bits per heavy atom. The standard InChI is InChI=1S/C6H11BF3/c1-5-3-2-4-6(5)7(8,9)10/h5-6H,2-4H2,1H3/q-1/t5-,6-/m0/s1. The second-order valence-electron chi connectivity index (χ2n) is 3.20. The SMILES string of the molecule is C[C@H]1CCC[C@@H]1[B-](F)(F)F. The fraction of sp³-hybridized carbons (Fsp3) is 1.00. The smallest absolute Gasteiger partial charge is 0.449 e. The third-order valence-electron chi connectivity index (χ3n) is 2.41. The molecule has 1 rings (SSSR count). The van der Waals surface area contributed by atoms with Crippen LogP contribution >= 0.6 is 0 Å². The Kier molecular flexibility index (Phi) is 1.97. The van der Waals surface area contributed by atoms with Crippen molar-refractivity contribution in [3.05, 3.63) is 0 Å². The molecule has 0 saturated heterocycles. The van der Waals surface area contributed by atoms with Crippen LogP contribution in [-0.2, 0) is 0 Å². The molecular weight excluding hydrogens is 140 g/mol. The Hall–Kier alpha value is -0.145. The minimum Gasteiger partial charge on any atom is -0.449 e. The van der Waals surface area contributed by atoms with Gasteiger partial charge >= 0.3 is 6.98 Å². The van der Waals surface area contributed by atoms with Crippen molar-refractivity contribution in [2.45, 2.75) is 32.0 Å². The average Bonchev–Trinajstić information content (AvgIpc) is 2.11. The van der Waals surface area contributed by atoms with Gasteiger partial charge in [0.05, 0.1) is 0 Å². The predicted octanol–water partition coefficient (Wildman–Crippen LogP) is 3.02. The van der Waals surface area contributed by atoms with Crippen molar-refractivity contribution < 1.29 is 12.9 Å². The first-order valence-electron chi connectivity index (χ1n) is 3.72. The van der Waals surface area contributed by atoms with E-state index in [2.05, 4.69) is 0 Å². The zero-order valence-electron chi connectivity index (χ0n) is 5.99. The largest absolute Gasteiger partial charge is 0.481 e. The van der Waals surface area contributed by atoms with E-state index in [9.17, 15) is 12.9 Å². The molecule has 60 valence electrons. The molecule has 1 saturated carbocycles. The van der Waals surface area contributed by atoms with Crippen molar-refractivity contribution in [2.24, 2.45) is 5.92 Å². The molecule has 0 bridgehead atoms. The summed E-state index contributed by atoms with van der Waals surface area (Å²) in [5.41, 5.74) is 0. The van der Waals surface area contributed by atoms with Crippen molar-refractivity contribution >= 4 is 6.98 Å². The highest BCUT2D eigenvalue weighted by atomic mass is 19.4. The lowest BCUT2D eigenvalue weighted by Crippen LogP contribution is -2.25. The summed E-state index contributed by atoms with van der Waals surface area (Å²) in [6, 6.07) is 0. The molecule has 1 fully saturated rings. The van der Waals surface area contributed by atoms with Crippen molar-refractivity contribution in [3.63, 3.8) is 0 Å². The summed E-state index contributed by atoms with van der Waals surface area (Å²) >= 11 is 0. The molecule has 0 radical (unpaired) electrons. The van der Waals surface area contributed by atoms with E-state index < -0.39 is 12.8 Å². The van der Waals surface area contributed by atoms with Crippen LogP contribution in [0.4, 0.5) is 12.9 Å². The second-order valence-corrected chi connectivity index (χ2v) is 3.20. The lowest BCUT2D eigenvalue weighted by Gasteiger charge is -2.25. The van der Waals surface area contributed by atoms with Crippen molar-refractivity contribution in [3.8, 4) is 0 Å². The maximum atomic E-state index is 12.1. The van der Waals surface area contributed by atoms with Crippen LogP contribution in [0.2, 0.25) is 5.82 Å². The summed E-state index contributed by atoms with van der Waals surface area (Å²) in [7, 11) is 0. The highest BCUT2D eigenvalue weighted by Crippen LogP contribution is 2.44. The van der Waals surface area contributed by atoms with Gasteiger partial charge in [-0.1, -0.05) is 37.9 Å². The van der Waals surface area contributed by atoms with E-state index in [-0.39, 0.29) is 5.92 Å². The Labute approximate surface area is 58.9 Å². The molecule has 0 aromatic carbocycles. The highest BCUT2D eigenvalue weighted by molar-refractivity contribution is 6.60. The average molecular weight is 151 g/mol. The fourth-order valence-corrected chi connectivity index (χ4v) is 1.74. The molecule has 10 heavy (non-hydrogen) atoms. The van der Waals surface area contributed by atoms with Crippen LogP contribution < -0.4 is 0 Å². The van der Waals surface area contributed by atoms with Crippen LogP contribution in [0, 0.1) is 5.92 Å². The topological polar surface area (TPSA) is 0 Å². The molecule has 1 aliphatic carbocycles. The minimum absolute atomic E-state index is 0.125. The van der Waals surface area contributed by atoms with Crippen molar-refractivity contribution in [1.82, 2.24) is 0 Å². The summed E-state index contributed by atoms with van der Waals surface area (Å²) < 4.78 is 36.2. The van der Waals surface area contributed by atoms with Crippen molar-refractivity contribution in [1.29, 1.82) is 0 Å². The second kappa shape index (κ2) is 2.48. The lowest BCUT2D eigenvalue weighted by molar-refractivity contribution is 0.402. The van der Waals surface area contributed by atoms with Gasteiger partial charge in [0.2, 0.25) is 0 Å². The Morgan fingerprint density at radius 2 is 1.80 bits per heavy atom. The third kappa shape index (κ3) is 1.47. The normalized spacial score (nSPS) is 34.8. The zero-order chi connectivity index (χ0) is 7.78. The molecule has 0 aromatic rings. The van der Waals surface area contributed by atoms with E-state index in [1.54, 1.807) is 6.92 Å². The molecule has 0 aromatic heterocycles. The summed E-state index contributed by atoms with van der Waals surface area (Å²) in [6.07, 6.45) is 1.88. The zero-order valence-corrected chi connectivity index (χ0v) is 5.99. The van der Waals surface area contributed by atoms with Gasteiger partial charge in [0.1, 0.15) is 0 Å². The molecule has 1 aliphatic rings. The fourth-order valence-electron chi connectivity index (χ4n) is 1.74. The Morgan fingerprint density at radius 1 is 1.20 bits per heavy atom. The molecule has 4 heteroatoms. The van der Waals surface area contributed by atoms with Crippen LogP contribution in [0.3, 0.4) is 0 Å². The lowest BCUT2D eigenvalue weighted by atomic mass is 9.67. The van der Waals surface area contributed by atoms with Gasteiger partial charge in [-0.05, 0) is 0 Å². The molecule has 0 N–H and O–H groups in total. The Bertz CT molecular complexity index is 121. The summed E-state index contributed by atoms with van der Waals surface area (Å²) in [5.74, 6) is -1.08. The van der Waals surface area contributed by atoms with Gasteiger partial charge in [-0.15, -0.1) is 0 Å². The molecule has 0 nitrogen and oxygen atoms in total. The highest BCUT2D eigenvalue weighted by Gasteiger charge is 2.40. The van der Waals surface area contributed by atoms with Gasteiger partial charge in [0.25, 0.3) is 0 Å².